The highest BCUT2D eigenvalue weighted by Gasteiger charge is 2.39. The Bertz CT molecular complexity index is 481. The van der Waals surface area contributed by atoms with E-state index in [1.54, 1.807) is 0 Å². The molecule has 1 rings (SSSR count). The Morgan fingerprint density at radius 2 is 1.10 bits per heavy atom. The highest BCUT2D eigenvalue weighted by molar-refractivity contribution is 7.79. The first-order valence-electron chi connectivity index (χ1n) is 4.68. The van der Waals surface area contributed by atoms with E-state index in [1.165, 1.54) is 0 Å². The molecule has 0 aromatic carbocycles. The second-order valence-corrected chi connectivity index (χ2v) is 11.5. The predicted octanol–water partition coefficient (Wildman–Crippen LogP) is 5.64. The van der Waals surface area contributed by atoms with Crippen LogP contribution in [0.25, 0.3) is 0 Å². The van der Waals surface area contributed by atoms with Gasteiger partial charge in [-0.3, -0.25) is 0 Å². The van der Waals surface area contributed by atoms with Gasteiger partial charge in [0.1, 0.15) is 6.35 Å². The van der Waals surface area contributed by atoms with Gasteiger partial charge in [-0.25, -0.2) is 0 Å². The van der Waals surface area contributed by atoms with Crippen LogP contribution in [0.1, 0.15) is 0 Å². The van der Waals surface area contributed by atoms with Crippen molar-refractivity contribution in [3.8, 4) is 0 Å². The third kappa shape index (κ3) is 4.24. The summed E-state index contributed by atoms with van der Waals surface area (Å²) in [5, 5.41) is 8.89. The second kappa shape index (κ2) is 6.31. The van der Waals surface area contributed by atoms with E-state index in [-0.39, 0.29) is 0 Å². The van der Waals surface area contributed by atoms with E-state index in [0.717, 1.165) is 21.3 Å². The molecule has 1 aliphatic heterocycles. The maximum Gasteiger partial charge on any atom is 0.387 e. The van der Waals surface area contributed by atoms with Crippen molar-refractivity contribution in [2.24, 2.45) is 18.1 Å². The van der Waals surface area contributed by atoms with Crippen molar-refractivity contribution in [1.29, 1.82) is 0 Å². The van der Waals surface area contributed by atoms with Crippen LogP contribution < -0.4 is 0 Å². The van der Waals surface area contributed by atoms with E-state index >= 15 is 0 Å². The largest absolute Gasteiger partial charge is 0.387 e. The topological polar surface area (TPSA) is 97.4 Å². The lowest BCUT2D eigenvalue weighted by molar-refractivity contribution is 0.360. The van der Waals surface area contributed by atoms with Gasteiger partial charge in [-0.15, -0.1) is 9.03 Å². The smallest absolute Gasteiger partial charge is 0.386 e. The van der Waals surface area contributed by atoms with Gasteiger partial charge in [0.2, 0.25) is 0 Å². The average molecular weight is 380 g/mol. The van der Waals surface area contributed by atoms with Gasteiger partial charge in [0, 0.05) is 21.3 Å². The van der Waals surface area contributed by atoms with Gasteiger partial charge in [0.15, 0.2) is 0 Å². The van der Waals surface area contributed by atoms with Crippen molar-refractivity contribution in [2.75, 3.05) is 27.7 Å². The molecule has 0 aromatic rings. The number of nitrogens with zero attached hydrogens (tertiary/aromatic N) is 4. The quantitative estimate of drug-likeness (QED) is 0.504. The van der Waals surface area contributed by atoms with Crippen LogP contribution in [-0.4, -0.2) is 32.8 Å². The van der Waals surface area contributed by atoms with Gasteiger partial charge < -0.3 is 18.7 Å². The van der Waals surface area contributed by atoms with Crippen LogP contribution in [0.3, 0.4) is 0 Å². The maximum atomic E-state index is 14.1. The lowest BCUT2D eigenvalue weighted by Gasteiger charge is -2.20. The molecule has 8 nitrogen and oxygen atoms in total. The van der Waals surface area contributed by atoms with Gasteiger partial charge in [-0.1, -0.05) is 0 Å². The number of aliphatic hydroxyl groups excluding tert-OH is 1. The van der Waals surface area contributed by atoms with Gasteiger partial charge in [0.05, 0.1) is 0 Å². The molecule has 1 aliphatic rings. The lowest BCUT2D eigenvalue weighted by Crippen LogP contribution is -1.87. The van der Waals surface area contributed by atoms with Crippen LogP contribution in [0.5, 0.6) is 0 Å². The second-order valence-electron chi connectivity index (χ2n) is 3.11. The zero-order chi connectivity index (χ0) is 15.7. The summed E-state index contributed by atoms with van der Waals surface area (Å²) in [5.74, 6) is 0. The van der Waals surface area contributed by atoms with Crippen LogP contribution in [0.15, 0.2) is 18.1 Å². The Morgan fingerprint density at radius 3 is 1.45 bits per heavy atom. The zero-order valence-corrected chi connectivity index (χ0v) is 14.0. The highest BCUT2D eigenvalue weighted by atomic mass is 31.3. The third-order valence-electron chi connectivity index (χ3n) is 1.81. The molecule has 4 atom stereocenters. The Kier molecular flexibility index (Phi) is 5.84. The average Bonchev–Trinajstić information content (AvgIpc) is 2.36. The fourth-order valence-electron chi connectivity index (χ4n) is 0.957. The molecule has 120 valence electrons. The molecule has 0 amide bonds. The van der Waals surface area contributed by atoms with Crippen molar-refractivity contribution in [2.45, 2.75) is 0 Å². The third-order valence-corrected chi connectivity index (χ3v) is 11.1. The van der Waals surface area contributed by atoms with Crippen LogP contribution >= 0.6 is 30.7 Å². The molecule has 16 heteroatoms. The molecule has 0 radical (unpaired) electrons. The summed E-state index contributed by atoms with van der Waals surface area (Å²) in [6, 6.07) is 0. The molecule has 1 heterocycles. The van der Waals surface area contributed by atoms with Crippen LogP contribution in [0.2, 0.25) is 0 Å². The van der Waals surface area contributed by atoms with Crippen molar-refractivity contribution >= 4 is 30.7 Å². The van der Waals surface area contributed by atoms with Crippen LogP contribution in [-0.2, 0) is 13.6 Å². The Labute approximate surface area is 113 Å². The van der Waals surface area contributed by atoms with Gasteiger partial charge in [0.25, 0.3) is 7.52 Å². The Morgan fingerprint density at radius 1 is 0.750 bits per heavy atom. The number of aliphatic hydroxyl groups is 1. The number of halogens is 4. The molecule has 0 aromatic heterocycles. The zero-order valence-electron chi connectivity index (χ0n) is 10.5. The Balaban J connectivity index is 3.79. The maximum absolute atomic E-state index is 14.1. The summed E-state index contributed by atoms with van der Waals surface area (Å²) in [4.78, 5) is 0. The molecule has 0 spiro atoms. The first kappa shape index (κ1) is 18.5. The van der Waals surface area contributed by atoms with Crippen molar-refractivity contribution in [3.05, 3.63) is 0 Å². The first-order valence-corrected chi connectivity index (χ1v) is 11.0. The monoisotopic (exact) mass is 380 g/mol. The summed E-state index contributed by atoms with van der Waals surface area (Å²) in [6.45, 7) is 0. The van der Waals surface area contributed by atoms with Crippen LogP contribution in [0.4, 0.5) is 16.8 Å². The standard InChI is InChI=1S/C4H12F4N4O4P4/c1-14-18(6)9-17(5,4-13)10-19(7,15-2)12-20(8,11-18)16-3/h13H,4H2,1-3H3. The summed E-state index contributed by atoms with van der Waals surface area (Å²) in [6.07, 6.45) is -1.41. The van der Waals surface area contributed by atoms with E-state index in [4.69, 9.17) is 5.11 Å². The van der Waals surface area contributed by atoms with E-state index in [1.807, 2.05) is 0 Å². The minimum Gasteiger partial charge on any atom is -0.386 e. The minimum atomic E-state index is -4.84. The lowest BCUT2D eigenvalue weighted by atomic mass is 11.7. The van der Waals surface area contributed by atoms with Crippen molar-refractivity contribution < 1.29 is 35.5 Å². The summed E-state index contributed by atoms with van der Waals surface area (Å²) in [7, 11) is -17.0. The van der Waals surface area contributed by atoms with E-state index in [0.29, 0.717) is 0 Å². The molecule has 1 N–H and O–H groups in total. The van der Waals surface area contributed by atoms with Crippen molar-refractivity contribution in [1.82, 2.24) is 0 Å². The molecule has 0 bridgehead atoms. The van der Waals surface area contributed by atoms with Gasteiger partial charge in [-0.05, 0) is 0 Å². The summed E-state index contributed by atoms with van der Waals surface area (Å²) >= 11 is 0. The highest BCUT2D eigenvalue weighted by Crippen LogP contribution is 2.80. The van der Waals surface area contributed by atoms with Gasteiger partial charge >= 0.3 is 23.2 Å². The molecule has 0 saturated carbocycles. The first-order chi connectivity index (χ1) is 9.07. The minimum absolute atomic E-state index is 0.762. The molecule has 0 aliphatic carbocycles. The molecule has 0 fully saturated rings. The fraction of sp³-hybridized carbons (Fsp3) is 1.00. The number of rotatable bonds is 4. The molecule has 20 heavy (non-hydrogen) atoms. The SMILES string of the molecule is COP1(F)=NP(F)(CO)=NP(F)(OC)=NP(F)(OC)=N1. The van der Waals surface area contributed by atoms with E-state index < -0.39 is 37.1 Å². The summed E-state index contributed by atoms with van der Waals surface area (Å²) < 4.78 is 80.7. The normalized spacial score (nSPS) is 45.2. The fourth-order valence-corrected chi connectivity index (χ4v) is 9.90. The van der Waals surface area contributed by atoms with E-state index in [9.17, 15) is 16.8 Å². The number of hydrogen-bond donors (Lipinski definition) is 1. The molecular formula is C4H12F4N4O4P4. The predicted molar refractivity (Wildman–Crippen MR) is 69.9 cm³/mol. The Hall–Kier alpha value is 0.480. The molecule has 0 saturated heterocycles. The van der Waals surface area contributed by atoms with Gasteiger partial charge in [-0.2, -0.15) is 25.8 Å². The van der Waals surface area contributed by atoms with Crippen LogP contribution in [0, 0.1) is 0 Å². The number of hydrogen-bond acceptors (Lipinski definition) is 8. The van der Waals surface area contributed by atoms with E-state index in [2.05, 4.69) is 31.6 Å². The molecular weight excluding hydrogens is 368 g/mol. The van der Waals surface area contributed by atoms with Crippen molar-refractivity contribution in [3.63, 3.8) is 0 Å². The summed E-state index contributed by atoms with van der Waals surface area (Å²) in [5.41, 5.74) is 0. The molecule has 4 unspecified atom stereocenters.